The average molecular weight is 417 g/mol. The summed E-state index contributed by atoms with van der Waals surface area (Å²) in [5, 5.41) is 2.58. The Morgan fingerprint density at radius 3 is 2.43 bits per heavy atom. The minimum Gasteiger partial charge on any atom is -0.398 e. The summed E-state index contributed by atoms with van der Waals surface area (Å²) in [5.74, 6) is -1.82. The van der Waals surface area contributed by atoms with Crippen molar-refractivity contribution in [3.05, 3.63) is 58.9 Å². The topological polar surface area (TPSA) is 84.2 Å². The molecule has 1 amide bonds. The molecule has 0 saturated carbocycles. The van der Waals surface area contributed by atoms with Crippen molar-refractivity contribution in [2.45, 2.75) is 25.6 Å². The van der Waals surface area contributed by atoms with Gasteiger partial charge >= 0.3 is 6.18 Å². The number of nitrogens with two attached hydrogens (primary N) is 1. The van der Waals surface area contributed by atoms with Crippen molar-refractivity contribution >= 4 is 28.3 Å². The number of rotatable bonds is 6. The average Bonchev–Trinajstić information content (AvgIpc) is 2.60. The third kappa shape index (κ3) is 5.44. The van der Waals surface area contributed by atoms with Crippen LogP contribution in [0.4, 0.5) is 28.9 Å². The number of amides is 1. The molecule has 0 radical (unpaired) electrons. The van der Waals surface area contributed by atoms with E-state index >= 15 is 0 Å². The van der Waals surface area contributed by atoms with E-state index in [1.54, 1.807) is 6.92 Å². The van der Waals surface area contributed by atoms with Crippen LogP contribution in [0.2, 0.25) is 0 Å². The van der Waals surface area contributed by atoms with Crippen LogP contribution in [-0.2, 0) is 28.5 Å². The lowest BCUT2D eigenvalue weighted by molar-refractivity contribution is -0.137. The van der Waals surface area contributed by atoms with Gasteiger partial charge in [-0.15, -0.1) is 0 Å². The van der Waals surface area contributed by atoms with Gasteiger partial charge in [-0.3, -0.25) is 4.79 Å². The molecule has 2 aromatic rings. The van der Waals surface area contributed by atoms with Gasteiger partial charge in [0.25, 0.3) is 0 Å². The molecule has 28 heavy (non-hydrogen) atoms. The van der Waals surface area contributed by atoms with Gasteiger partial charge in [-0.05, 0) is 42.3 Å². The second kappa shape index (κ2) is 8.59. The van der Waals surface area contributed by atoms with E-state index in [4.69, 9.17) is 5.73 Å². The van der Waals surface area contributed by atoms with Gasteiger partial charge in [-0.1, -0.05) is 12.1 Å². The van der Waals surface area contributed by atoms with Crippen molar-refractivity contribution in [3.8, 4) is 0 Å². The highest BCUT2D eigenvalue weighted by Crippen LogP contribution is 2.31. The van der Waals surface area contributed by atoms with E-state index in [1.165, 1.54) is 24.5 Å². The molecule has 0 saturated heterocycles. The summed E-state index contributed by atoms with van der Waals surface area (Å²) in [5.41, 5.74) is 5.46. The van der Waals surface area contributed by atoms with E-state index < -0.39 is 40.4 Å². The Morgan fingerprint density at radius 1 is 1.21 bits per heavy atom. The third-order valence-corrected chi connectivity index (χ3v) is 4.57. The Bertz CT molecular complexity index is 903. The molecule has 0 aliphatic carbocycles. The summed E-state index contributed by atoms with van der Waals surface area (Å²) >= 11 is 0. The fourth-order valence-corrected chi connectivity index (χ4v) is 2.93. The van der Waals surface area contributed by atoms with Crippen LogP contribution in [0, 0.1) is 5.82 Å². The molecule has 4 N–H and O–H groups in total. The fourth-order valence-electron chi connectivity index (χ4n) is 2.46. The molecule has 0 aromatic heterocycles. The number of hydrogen-bond donors (Lipinski definition) is 3. The van der Waals surface area contributed by atoms with Crippen LogP contribution in [-0.4, -0.2) is 16.4 Å². The Labute approximate surface area is 161 Å². The van der Waals surface area contributed by atoms with Crippen molar-refractivity contribution < 1.29 is 26.6 Å². The van der Waals surface area contributed by atoms with E-state index in [1.807, 2.05) is 0 Å². The van der Waals surface area contributed by atoms with Gasteiger partial charge in [0.1, 0.15) is 16.8 Å². The van der Waals surface area contributed by atoms with E-state index in [0.29, 0.717) is 11.1 Å². The lowest BCUT2D eigenvalue weighted by Gasteiger charge is -2.15. The minimum atomic E-state index is -4.50. The number of nitrogen functional groups attached to an aromatic ring is 1. The molecule has 0 aliphatic rings. The number of halogens is 4. The van der Waals surface area contributed by atoms with Gasteiger partial charge < -0.3 is 15.8 Å². The molecule has 0 aliphatic heterocycles. The zero-order valence-electron chi connectivity index (χ0n) is 15.1. The SMILES string of the molecule is CC(C(=O)NCc1ccc(C(F)(F)F)cc1N)c1ccc(NS(C)=O)c(F)c1. The Morgan fingerprint density at radius 2 is 1.89 bits per heavy atom. The monoisotopic (exact) mass is 417 g/mol. The van der Waals surface area contributed by atoms with Crippen molar-refractivity contribution in [2.24, 2.45) is 0 Å². The highest BCUT2D eigenvalue weighted by molar-refractivity contribution is 7.85. The van der Waals surface area contributed by atoms with Gasteiger partial charge in [-0.2, -0.15) is 13.2 Å². The number of carbonyl (C=O) groups is 1. The lowest BCUT2D eigenvalue weighted by atomic mass is 9.99. The molecule has 10 heteroatoms. The van der Waals surface area contributed by atoms with Crippen molar-refractivity contribution in [3.63, 3.8) is 0 Å². The third-order valence-electron chi connectivity index (χ3n) is 4.07. The van der Waals surface area contributed by atoms with Crippen LogP contribution in [0.3, 0.4) is 0 Å². The molecule has 152 valence electrons. The van der Waals surface area contributed by atoms with E-state index in [9.17, 15) is 26.6 Å². The molecular weight excluding hydrogens is 398 g/mol. The second-order valence-corrected chi connectivity index (χ2v) is 7.26. The predicted molar refractivity (Wildman–Crippen MR) is 100 cm³/mol. The van der Waals surface area contributed by atoms with Crippen LogP contribution >= 0.6 is 0 Å². The molecule has 0 fully saturated rings. The van der Waals surface area contributed by atoms with Crippen molar-refractivity contribution in [1.82, 2.24) is 5.32 Å². The number of anilines is 2. The van der Waals surface area contributed by atoms with E-state index in [2.05, 4.69) is 10.0 Å². The maximum atomic E-state index is 14.0. The van der Waals surface area contributed by atoms with Gasteiger partial charge in [0.2, 0.25) is 5.91 Å². The first-order valence-electron chi connectivity index (χ1n) is 8.12. The van der Waals surface area contributed by atoms with Crippen LogP contribution in [0.1, 0.15) is 29.5 Å². The quantitative estimate of drug-likeness (QED) is 0.497. The summed E-state index contributed by atoms with van der Waals surface area (Å²) in [4.78, 5) is 12.3. The first-order chi connectivity index (χ1) is 13.0. The highest BCUT2D eigenvalue weighted by Gasteiger charge is 2.30. The van der Waals surface area contributed by atoms with Crippen molar-refractivity contribution in [1.29, 1.82) is 0 Å². The van der Waals surface area contributed by atoms with Crippen LogP contribution in [0.25, 0.3) is 0 Å². The molecule has 2 unspecified atom stereocenters. The van der Waals surface area contributed by atoms with Crippen molar-refractivity contribution in [2.75, 3.05) is 16.7 Å². The normalized spacial score (nSPS) is 13.6. The van der Waals surface area contributed by atoms with E-state index in [-0.39, 0.29) is 17.9 Å². The molecular formula is C18H19F4N3O2S. The van der Waals surface area contributed by atoms with Crippen LogP contribution < -0.4 is 15.8 Å². The largest absolute Gasteiger partial charge is 0.416 e. The summed E-state index contributed by atoms with van der Waals surface area (Å²) in [6.07, 6.45) is -3.14. The summed E-state index contributed by atoms with van der Waals surface area (Å²) in [6, 6.07) is 6.96. The Balaban J connectivity index is 2.05. The number of nitrogens with one attached hydrogen (secondary N) is 2. The number of alkyl halides is 3. The van der Waals surface area contributed by atoms with Gasteiger partial charge in [-0.25, -0.2) is 8.60 Å². The number of carbonyl (C=O) groups excluding carboxylic acids is 1. The van der Waals surface area contributed by atoms with Crippen LogP contribution in [0.5, 0.6) is 0 Å². The first-order valence-corrected chi connectivity index (χ1v) is 9.67. The van der Waals surface area contributed by atoms with Gasteiger partial charge in [0, 0.05) is 18.5 Å². The predicted octanol–water partition coefficient (Wildman–Crippen LogP) is 3.55. The Kier molecular flexibility index (Phi) is 6.65. The lowest BCUT2D eigenvalue weighted by Crippen LogP contribution is -2.28. The summed E-state index contributed by atoms with van der Waals surface area (Å²) in [6.45, 7) is 1.50. The maximum Gasteiger partial charge on any atom is 0.416 e. The molecule has 2 aromatic carbocycles. The number of benzene rings is 2. The maximum absolute atomic E-state index is 14.0. The van der Waals surface area contributed by atoms with Gasteiger partial charge in [0.15, 0.2) is 0 Å². The number of hydrogen-bond acceptors (Lipinski definition) is 3. The van der Waals surface area contributed by atoms with E-state index in [0.717, 1.165) is 18.2 Å². The molecule has 0 spiro atoms. The fraction of sp³-hybridized carbons (Fsp3) is 0.278. The molecule has 2 atom stereocenters. The minimum absolute atomic E-state index is 0.0507. The Hall–Kier alpha value is -2.62. The summed E-state index contributed by atoms with van der Waals surface area (Å²) < 4.78 is 65.6. The second-order valence-electron chi connectivity index (χ2n) is 6.15. The zero-order valence-corrected chi connectivity index (χ0v) is 15.9. The standard InChI is InChI=1S/C18H19F4N3O2S/c1-10(11-4-6-16(14(19)7-11)25-28(2)27)17(26)24-9-12-3-5-13(8-15(12)23)18(20,21)22/h3-8,10,25H,9,23H2,1-2H3,(H,24,26). The first kappa shape index (κ1) is 21.7. The van der Waals surface area contributed by atoms with Gasteiger partial charge in [0.05, 0.1) is 17.2 Å². The highest BCUT2D eigenvalue weighted by atomic mass is 32.2. The molecule has 0 bridgehead atoms. The molecule has 5 nitrogen and oxygen atoms in total. The summed E-state index contributed by atoms with van der Waals surface area (Å²) in [7, 11) is -1.44. The molecule has 2 rings (SSSR count). The zero-order chi connectivity index (χ0) is 21.1. The molecule has 0 heterocycles. The van der Waals surface area contributed by atoms with Crippen LogP contribution in [0.15, 0.2) is 36.4 Å². The smallest absolute Gasteiger partial charge is 0.398 e.